The zero-order chi connectivity index (χ0) is 18.6. The van der Waals surface area contributed by atoms with Crippen molar-refractivity contribution in [1.82, 2.24) is 9.55 Å². The van der Waals surface area contributed by atoms with Crippen LogP contribution in [0.25, 0.3) is 0 Å². The summed E-state index contributed by atoms with van der Waals surface area (Å²) in [6, 6.07) is 19.6. The van der Waals surface area contributed by atoms with E-state index in [1.165, 1.54) is 6.20 Å². The van der Waals surface area contributed by atoms with E-state index in [0.717, 1.165) is 11.1 Å². The number of carbonyl (C=O) groups excluding carboxylic acids is 1. The third-order valence-electron chi connectivity index (χ3n) is 3.89. The van der Waals surface area contributed by atoms with Crippen molar-refractivity contribution in [3.63, 3.8) is 0 Å². The molecule has 0 amide bonds. The van der Waals surface area contributed by atoms with Crippen LogP contribution in [0.1, 0.15) is 27.7 Å². The predicted octanol–water partition coefficient (Wildman–Crippen LogP) is 4.26. The summed E-state index contributed by atoms with van der Waals surface area (Å²) in [6.07, 6.45) is 3.02. The van der Waals surface area contributed by atoms with E-state index in [1.54, 1.807) is 24.2 Å². The van der Waals surface area contributed by atoms with Gasteiger partial charge in [-0.05, 0) is 24.5 Å². The van der Waals surface area contributed by atoms with E-state index in [1.807, 2.05) is 60.7 Å². The van der Waals surface area contributed by atoms with Crippen LogP contribution < -0.4 is 0 Å². The standard InChI is InChI=1S/C20H21N2O3P/c1-26(2,24)15-25-20(23)18-13-21-14-22(18)19(16-9-5-3-6-10-16)17-11-7-4-8-12-17/h3-14,19H,15H2,1-2H3. The monoisotopic (exact) mass is 368 g/mol. The first-order valence-electron chi connectivity index (χ1n) is 8.28. The minimum atomic E-state index is -2.45. The van der Waals surface area contributed by atoms with E-state index < -0.39 is 13.1 Å². The van der Waals surface area contributed by atoms with Crippen LogP contribution in [0.2, 0.25) is 0 Å². The topological polar surface area (TPSA) is 61.2 Å². The molecule has 3 aromatic rings. The van der Waals surface area contributed by atoms with Gasteiger partial charge in [0.15, 0.2) is 0 Å². The molecule has 0 radical (unpaired) electrons. The molecule has 5 nitrogen and oxygen atoms in total. The molecule has 0 bridgehead atoms. The smallest absolute Gasteiger partial charge is 0.357 e. The van der Waals surface area contributed by atoms with E-state index in [-0.39, 0.29) is 12.4 Å². The maximum absolute atomic E-state index is 12.5. The Hall–Kier alpha value is -2.65. The lowest BCUT2D eigenvalue weighted by atomic mass is 9.98. The quantitative estimate of drug-likeness (QED) is 0.482. The molecule has 0 aliphatic carbocycles. The lowest BCUT2D eigenvalue weighted by molar-refractivity contribution is 0.0557. The van der Waals surface area contributed by atoms with Gasteiger partial charge in [-0.2, -0.15) is 0 Å². The highest BCUT2D eigenvalue weighted by molar-refractivity contribution is 7.62. The summed E-state index contributed by atoms with van der Waals surface area (Å²) in [5.74, 6) is -0.525. The third-order valence-corrected chi connectivity index (χ3v) is 4.64. The zero-order valence-electron chi connectivity index (χ0n) is 14.8. The van der Waals surface area contributed by atoms with Crippen LogP contribution in [-0.2, 0) is 9.30 Å². The molecule has 0 aliphatic heterocycles. The van der Waals surface area contributed by atoms with Crippen LogP contribution in [0.15, 0.2) is 73.2 Å². The van der Waals surface area contributed by atoms with Crippen LogP contribution >= 0.6 is 7.14 Å². The number of rotatable bonds is 6. The fourth-order valence-electron chi connectivity index (χ4n) is 2.74. The number of imidazole rings is 1. The highest BCUT2D eigenvalue weighted by atomic mass is 31.2. The lowest BCUT2D eigenvalue weighted by Gasteiger charge is -2.22. The van der Waals surface area contributed by atoms with E-state index >= 15 is 0 Å². The summed E-state index contributed by atoms with van der Waals surface area (Å²) in [4.78, 5) is 16.7. The Labute approximate surface area is 153 Å². The minimum Gasteiger partial charge on any atom is -0.453 e. The summed E-state index contributed by atoms with van der Waals surface area (Å²) < 4.78 is 18.9. The van der Waals surface area contributed by atoms with Gasteiger partial charge in [0.05, 0.1) is 18.6 Å². The molecule has 0 N–H and O–H groups in total. The first-order chi connectivity index (χ1) is 12.5. The summed E-state index contributed by atoms with van der Waals surface area (Å²) in [6.45, 7) is 3.18. The Balaban J connectivity index is 2.00. The number of esters is 1. The van der Waals surface area contributed by atoms with Gasteiger partial charge in [-0.15, -0.1) is 0 Å². The molecule has 0 unspecified atom stereocenters. The Morgan fingerprint density at radius 3 is 2.08 bits per heavy atom. The summed E-state index contributed by atoms with van der Waals surface area (Å²) in [5, 5.41) is 0. The van der Waals surface area contributed by atoms with Gasteiger partial charge < -0.3 is 13.9 Å². The van der Waals surface area contributed by atoms with Crippen molar-refractivity contribution in [2.24, 2.45) is 0 Å². The van der Waals surface area contributed by atoms with Crippen LogP contribution in [0.4, 0.5) is 0 Å². The van der Waals surface area contributed by atoms with Gasteiger partial charge in [-0.3, -0.25) is 0 Å². The van der Waals surface area contributed by atoms with Gasteiger partial charge in [-0.1, -0.05) is 60.7 Å². The normalized spacial score (nSPS) is 11.5. The molecule has 0 aliphatic rings. The number of ether oxygens (including phenoxy) is 1. The van der Waals surface area contributed by atoms with Crippen LogP contribution in [0.3, 0.4) is 0 Å². The number of hydrogen-bond acceptors (Lipinski definition) is 4. The molecule has 3 rings (SSSR count). The maximum Gasteiger partial charge on any atom is 0.357 e. The largest absolute Gasteiger partial charge is 0.453 e. The molecule has 0 spiro atoms. The average molecular weight is 368 g/mol. The van der Waals surface area contributed by atoms with Crippen molar-refractivity contribution in [2.45, 2.75) is 6.04 Å². The Kier molecular flexibility index (Phi) is 5.38. The highest BCUT2D eigenvalue weighted by Gasteiger charge is 2.23. The Morgan fingerprint density at radius 1 is 1.04 bits per heavy atom. The second kappa shape index (κ2) is 7.71. The zero-order valence-corrected chi connectivity index (χ0v) is 15.7. The molecule has 1 heterocycles. The molecule has 1 aromatic heterocycles. The molecule has 0 saturated carbocycles. The van der Waals surface area contributed by atoms with Crippen LogP contribution in [-0.4, -0.2) is 35.2 Å². The van der Waals surface area contributed by atoms with Gasteiger partial charge in [-0.25, -0.2) is 9.78 Å². The summed E-state index contributed by atoms with van der Waals surface area (Å²) in [7, 11) is -2.45. The van der Waals surface area contributed by atoms with E-state index in [0.29, 0.717) is 5.69 Å². The number of benzene rings is 2. The molecule has 26 heavy (non-hydrogen) atoms. The average Bonchev–Trinajstić information content (AvgIpc) is 3.10. The van der Waals surface area contributed by atoms with Gasteiger partial charge in [0.25, 0.3) is 0 Å². The van der Waals surface area contributed by atoms with E-state index in [2.05, 4.69) is 4.98 Å². The summed E-state index contributed by atoms with van der Waals surface area (Å²) >= 11 is 0. The van der Waals surface area contributed by atoms with Crippen molar-refractivity contribution >= 4 is 13.1 Å². The highest BCUT2D eigenvalue weighted by Crippen LogP contribution is 2.36. The number of aromatic nitrogens is 2. The minimum absolute atomic E-state index is 0.0850. The predicted molar refractivity (Wildman–Crippen MR) is 102 cm³/mol. The molecule has 134 valence electrons. The SMILES string of the molecule is CP(C)(=O)COC(=O)c1cncn1C(c1ccccc1)c1ccccc1. The van der Waals surface area contributed by atoms with Crippen molar-refractivity contribution < 1.29 is 14.1 Å². The maximum atomic E-state index is 12.5. The van der Waals surface area contributed by atoms with E-state index in [9.17, 15) is 9.36 Å². The summed E-state index contributed by atoms with van der Waals surface area (Å²) in [5.41, 5.74) is 2.39. The molecule has 0 fully saturated rings. The van der Waals surface area contributed by atoms with Gasteiger partial charge in [0, 0.05) is 0 Å². The third kappa shape index (κ3) is 4.30. The van der Waals surface area contributed by atoms with E-state index in [4.69, 9.17) is 4.74 Å². The van der Waals surface area contributed by atoms with Crippen molar-refractivity contribution in [3.8, 4) is 0 Å². The Morgan fingerprint density at radius 2 is 1.58 bits per heavy atom. The van der Waals surface area contributed by atoms with Crippen LogP contribution in [0, 0.1) is 0 Å². The second-order valence-electron chi connectivity index (χ2n) is 6.54. The second-order valence-corrected chi connectivity index (χ2v) is 9.95. The molecular formula is C20H21N2O3P. The first kappa shape index (κ1) is 18.2. The van der Waals surface area contributed by atoms with Crippen LogP contribution in [0.5, 0.6) is 0 Å². The number of carbonyl (C=O) groups is 1. The van der Waals surface area contributed by atoms with Crippen molar-refractivity contribution in [3.05, 3.63) is 90.0 Å². The Bertz CT molecular complexity index is 877. The first-order valence-corrected chi connectivity index (χ1v) is 11.1. The molecule has 0 atom stereocenters. The molecular weight excluding hydrogens is 347 g/mol. The lowest BCUT2D eigenvalue weighted by Crippen LogP contribution is -2.18. The molecule has 0 saturated heterocycles. The van der Waals surface area contributed by atoms with Crippen molar-refractivity contribution in [1.29, 1.82) is 0 Å². The fourth-order valence-corrected chi connectivity index (χ4v) is 3.17. The van der Waals surface area contributed by atoms with Gasteiger partial charge >= 0.3 is 5.97 Å². The number of hydrogen-bond donors (Lipinski definition) is 0. The van der Waals surface area contributed by atoms with Gasteiger partial charge in [0.2, 0.25) is 0 Å². The molecule has 2 aromatic carbocycles. The fraction of sp³-hybridized carbons (Fsp3) is 0.200. The van der Waals surface area contributed by atoms with Crippen molar-refractivity contribution in [2.75, 3.05) is 19.7 Å². The number of nitrogens with zero attached hydrogens (tertiary/aromatic N) is 2. The van der Waals surface area contributed by atoms with Gasteiger partial charge in [0.1, 0.15) is 19.2 Å². The molecule has 6 heteroatoms.